The van der Waals surface area contributed by atoms with E-state index in [1.165, 1.54) is 0 Å². The van der Waals surface area contributed by atoms with E-state index in [-0.39, 0.29) is 18.8 Å². The van der Waals surface area contributed by atoms with E-state index in [2.05, 4.69) is 16.0 Å². The number of carboxylic acid groups (broad SMARTS) is 1. The first kappa shape index (κ1) is 29.2. The summed E-state index contributed by atoms with van der Waals surface area (Å²) in [5, 5.41) is 25.4. The Balaban J connectivity index is 5.48. The lowest BCUT2D eigenvalue weighted by Crippen LogP contribution is -2.58. The number of amides is 4. The number of rotatable bonds is 16. The second-order valence-corrected chi connectivity index (χ2v) is 7.90. The fraction of sp³-hybridized carbons (Fsp3) is 0.737. The summed E-state index contributed by atoms with van der Waals surface area (Å²) in [7, 11) is 0. The Kier molecular flexibility index (Phi) is 13.8. The topological polar surface area (TPSA) is 240 Å². The average molecular weight is 461 g/mol. The number of carboxylic acids is 1. The molecule has 0 heterocycles. The van der Waals surface area contributed by atoms with Crippen LogP contribution >= 0.6 is 0 Å². The van der Waals surface area contributed by atoms with Crippen molar-refractivity contribution in [2.24, 2.45) is 23.1 Å². The van der Waals surface area contributed by atoms with Crippen LogP contribution in [0.1, 0.15) is 46.0 Å². The van der Waals surface area contributed by atoms with Crippen molar-refractivity contribution in [1.82, 2.24) is 16.0 Å². The van der Waals surface area contributed by atoms with E-state index in [1.54, 1.807) is 13.8 Å². The molecule has 0 fully saturated rings. The van der Waals surface area contributed by atoms with Gasteiger partial charge in [-0.25, -0.2) is 4.79 Å². The summed E-state index contributed by atoms with van der Waals surface area (Å²) in [6.07, 6.45) is 0.776. The molecule has 0 aliphatic rings. The molecule has 13 heteroatoms. The van der Waals surface area contributed by atoms with E-state index in [9.17, 15) is 29.1 Å². The zero-order chi connectivity index (χ0) is 24.8. The lowest BCUT2D eigenvalue weighted by atomic mass is 10.0. The largest absolute Gasteiger partial charge is 0.480 e. The fourth-order valence-corrected chi connectivity index (χ4v) is 2.77. The maximum Gasteiger partial charge on any atom is 0.326 e. The van der Waals surface area contributed by atoms with Crippen LogP contribution in [-0.4, -0.2) is 77.1 Å². The van der Waals surface area contributed by atoms with Gasteiger partial charge in [0, 0.05) is 0 Å². The quantitative estimate of drug-likeness (QED) is 0.109. The van der Waals surface area contributed by atoms with Crippen LogP contribution in [0, 0.1) is 5.92 Å². The van der Waals surface area contributed by atoms with E-state index in [0.717, 1.165) is 0 Å². The normalized spacial score (nSPS) is 14.7. The van der Waals surface area contributed by atoms with Gasteiger partial charge in [0.25, 0.3) is 0 Å². The Bertz CT molecular complexity index is 658. The third kappa shape index (κ3) is 11.6. The highest BCUT2D eigenvalue weighted by Gasteiger charge is 2.31. The van der Waals surface area contributed by atoms with Crippen molar-refractivity contribution in [2.75, 3.05) is 13.2 Å². The molecule has 0 spiro atoms. The molecule has 4 amide bonds. The number of aliphatic carboxylic acids is 1. The van der Waals surface area contributed by atoms with Crippen LogP contribution < -0.4 is 33.2 Å². The molecule has 11 N–H and O–H groups in total. The molecule has 0 aromatic heterocycles. The highest BCUT2D eigenvalue weighted by molar-refractivity contribution is 5.96. The Hall–Kier alpha value is -2.77. The lowest BCUT2D eigenvalue weighted by molar-refractivity contribution is -0.143. The molecule has 32 heavy (non-hydrogen) atoms. The monoisotopic (exact) mass is 460 g/mol. The summed E-state index contributed by atoms with van der Waals surface area (Å²) < 4.78 is 0. The zero-order valence-corrected chi connectivity index (χ0v) is 18.5. The number of carbonyl (C=O) groups excluding carboxylic acids is 4. The smallest absolute Gasteiger partial charge is 0.326 e. The summed E-state index contributed by atoms with van der Waals surface area (Å²) in [6.45, 7) is 3.27. The molecule has 13 nitrogen and oxygen atoms in total. The molecule has 0 saturated carbocycles. The van der Waals surface area contributed by atoms with Gasteiger partial charge in [0.15, 0.2) is 0 Å². The predicted octanol–water partition coefficient (Wildman–Crippen LogP) is -3.10. The highest BCUT2D eigenvalue weighted by Crippen LogP contribution is 2.08. The Morgan fingerprint density at radius 2 is 1.41 bits per heavy atom. The maximum absolute atomic E-state index is 12.7. The first-order chi connectivity index (χ1) is 14.9. The minimum absolute atomic E-state index is 0.00688. The third-order valence-corrected chi connectivity index (χ3v) is 4.47. The van der Waals surface area contributed by atoms with Crippen molar-refractivity contribution in [2.45, 2.75) is 70.1 Å². The minimum atomic E-state index is -1.44. The van der Waals surface area contributed by atoms with Gasteiger partial charge < -0.3 is 43.4 Å². The number of unbranched alkanes of at least 4 members (excludes halogenated alkanes) is 1. The van der Waals surface area contributed by atoms with Crippen LogP contribution in [0.15, 0.2) is 0 Å². The summed E-state index contributed by atoms with van der Waals surface area (Å²) in [5.41, 5.74) is 16.0. The summed E-state index contributed by atoms with van der Waals surface area (Å²) in [5.74, 6) is -4.61. The molecule has 0 aromatic rings. The molecule has 184 valence electrons. The Labute approximate surface area is 186 Å². The van der Waals surface area contributed by atoms with Gasteiger partial charge in [0.05, 0.1) is 13.0 Å². The molecular weight excluding hydrogens is 424 g/mol. The van der Waals surface area contributed by atoms with Crippen molar-refractivity contribution in [1.29, 1.82) is 0 Å². The Morgan fingerprint density at radius 1 is 0.875 bits per heavy atom. The van der Waals surface area contributed by atoms with Crippen molar-refractivity contribution in [3.05, 3.63) is 0 Å². The van der Waals surface area contributed by atoms with Crippen LogP contribution in [0.2, 0.25) is 0 Å². The van der Waals surface area contributed by atoms with Crippen molar-refractivity contribution in [3.8, 4) is 0 Å². The number of nitrogens with one attached hydrogen (secondary N) is 3. The molecular formula is C19H36N6O7. The van der Waals surface area contributed by atoms with Crippen LogP contribution in [0.4, 0.5) is 0 Å². The predicted molar refractivity (Wildman–Crippen MR) is 115 cm³/mol. The van der Waals surface area contributed by atoms with Gasteiger partial charge in [-0.15, -0.1) is 0 Å². The molecule has 4 atom stereocenters. The van der Waals surface area contributed by atoms with Crippen molar-refractivity contribution in [3.63, 3.8) is 0 Å². The van der Waals surface area contributed by atoms with Gasteiger partial charge >= 0.3 is 5.97 Å². The lowest BCUT2D eigenvalue weighted by Gasteiger charge is -2.25. The molecule has 0 bridgehead atoms. The van der Waals surface area contributed by atoms with E-state index < -0.39 is 66.8 Å². The van der Waals surface area contributed by atoms with Crippen molar-refractivity contribution >= 4 is 29.6 Å². The van der Waals surface area contributed by atoms with E-state index in [4.69, 9.17) is 22.3 Å². The van der Waals surface area contributed by atoms with Crippen LogP contribution in [0.25, 0.3) is 0 Å². The molecule has 0 saturated heterocycles. The Morgan fingerprint density at radius 3 is 1.88 bits per heavy atom. The first-order valence-electron chi connectivity index (χ1n) is 10.4. The molecule has 0 aliphatic carbocycles. The molecule has 0 aliphatic heterocycles. The SMILES string of the molecule is CC(C)CC(NC(=O)C(CCCCN)NC(=O)C(CC(N)=O)NC(=O)C(N)CO)C(=O)O. The number of hydrogen-bond donors (Lipinski definition) is 8. The second kappa shape index (κ2) is 15.1. The number of nitrogens with two attached hydrogens (primary N) is 3. The van der Waals surface area contributed by atoms with Gasteiger partial charge in [0.1, 0.15) is 24.2 Å². The first-order valence-corrected chi connectivity index (χ1v) is 10.4. The number of carbonyl (C=O) groups is 5. The van der Waals surface area contributed by atoms with E-state index in [0.29, 0.717) is 19.4 Å². The summed E-state index contributed by atoms with van der Waals surface area (Å²) in [6, 6.07) is -5.05. The molecule has 4 unspecified atom stereocenters. The molecule has 0 aromatic carbocycles. The van der Waals surface area contributed by atoms with Gasteiger partial charge in [-0.3, -0.25) is 19.2 Å². The number of aliphatic hydroxyl groups is 1. The van der Waals surface area contributed by atoms with Crippen LogP contribution in [0.5, 0.6) is 0 Å². The fourth-order valence-electron chi connectivity index (χ4n) is 2.77. The van der Waals surface area contributed by atoms with Crippen LogP contribution in [0.3, 0.4) is 0 Å². The maximum atomic E-state index is 12.7. The standard InChI is InChI=1S/C19H36N6O7/c1-10(2)7-14(19(31)32)25-17(29)12(5-3-4-6-20)23-18(30)13(8-15(22)27)24-16(28)11(21)9-26/h10-14,26H,3-9,20-21H2,1-2H3,(H2,22,27)(H,23,30)(H,24,28)(H,25,29)(H,31,32). The van der Waals surface area contributed by atoms with Crippen LogP contribution in [-0.2, 0) is 24.0 Å². The minimum Gasteiger partial charge on any atom is -0.480 e. The van der Waals surface area contributed by atoms with Gasteiger partial charge in [0.2, 0.25) is 23.6 Å². The third-order valence-electron chi connectivity index (χ3n) is 4.47. The number of primary amides is 1. The summed E-state index contributed by atoms with van der Waals surface area (Å²) >= 11 is 0. The van der Waals surface area contributed by atoms with E-state index in [1.807, 2.05) is 0 Å². The van der Waals surface area contributed by atoms with E-state index >= 15 is 0 Å². The average Bonchev–Trinajstić information content (AvgIpc) is 2.70. The molecule has 0 radical (unpaired) electrons. The van der Waals surface area contributed by atoms with Gasteiger partial charge in [-0.1, -0.05) is 13.8 Å². The second-order valence-electron chi connectivity index (χ2n) is 7.90. The highest BCUT2D eigenvalue weighted by atomic mass is 16.4. The van der Waals surface area contributed by atoms with Crippen molar-refractivity contribution < 1.29 is 34.2 Å². The van der Waals surface area contributed by atoms with Gasteiger partial charge in [-0.05, 0) is 38.1 Å². The van der Waals surface area contributed by atoms with Gasteiger partial charge in [-0.2, -0.15) is 0 Å². The number of hydrogen-bond acceptors (Lipinski definition) is 8. The zero-order valence-electron chi connectivity index (χ0n) is 18.5. The number of aliphatic hydroxyl groups excluding tert-OH is 1. The summed E-state index contributed by atoms with van der Waals surface area (Å²) in [4.78, 5) is 60.2. The molecule has 0 rings (SSSR count).